The van der Waals surface area contributed by atoms with Gasteiger partial charge in [0.1, 0.15) is 46.6 Å². The quantitative estimate of drug-likeness (QED) is 0.103. The summed E-state index contributed by atoms with van der Waals surface area (Å²) in [6.45, 7) is -0.553. The Labute approximate surface area is 369 Å². The summed E-state index contributed by atoms with van der Waals surface area (Å²) >= 11 is 6.45. The Morgan fingerprint density at radius 3 is 2.18 bits per heavy atom. The lowest BCUT2D eigenvalue weighted by Crippen LogP contribution is -2.37. The Kier molecular flexibility index (Phi) is 12.9. The molecule has 2 fully saturated rings. The highest BCUT2D eigenvalue weighted by molar-refractivity contribution is 7.92. The van der Waals surface area contributed by atoms with Crippen LogP contribution >= 0.6 is 11.6 Å². The molecule has 0 bridgehead atoms. The number of benzene rings is 2. The highest BCUT2D eigenvalue weighted by Crippen LogP contribution is 2.58. The summed E-state index contributed by atoms with van der Waals surface area (Å²) in [5.41, 5.74) is -0.455. The second kappa shape index (κ2) is 17.1. The van der Waals surface area contributed by atoms with E-state index in [-0.39, 0.29) is 51.3 Å². The van der Waals surface area contributed by atoms with E-state index in [4.69, 9.17) is 17.3 Å². The Bertz CT molecular complexity index is 2940. The van der Waals surface area contributed by atoms with Crippen molar-refractivity contribution in [3.63, 3.8) is 0 Å². The lowest BCUT2D eigenvalue weighted by Gasteiger charge is -2.33. The van der Waals surface area contributed by atoms with E-state index in [2.05, 4.69) is 32.2 Å². The van der Waals surface area contributed by atoms with E-state index in [9.17, 15) is 56.8 Å². The van der Waals surface area contributed by atoms with Crippen LogP contribution in [0.4, 0.5) is 49.7 Å². The van der Waals surface area contributed by atoms with Crippen molar-refractivity contribution >= 4 is 59.8 Å². The molecule has 4 N–H and O–H groups in total. The first-order valence-corrected chi connectivity index (χ1v) is 23.2. The number of nitrogens with zero attached hydrogens (tertiary/aromatic N) is 4. The summed E-state index contributed by atoms with van der Waals surface area (Å²) in [7, 11) is -8.06. The van der Waals surface area contributed by atoms with E-state index in [1.54, 1.807) is 0 Å². The van der Waals surface area contributed by atoms with Crippen LogP contribution in [-0.2, 0) is 37.6 Å². The smallest absolute Gasteiger partial charge is 0.394 e. The first-order valence-electron chi connectivity index (χ1n) is 19.0. The number of alkyl halides is 8. The van der Waals surface area contributed by atoms with Gasteiger partial charge in [0.2, 0.25) is 15.9 Å². The summed E-state index contributed by atoms with van der Waals surface area (Å²) in [6, 6.07) is 5.28. The van der Waals surface area contributed by atoms with Gasteiger partial charge >= 0.3 is 12.4 Å². The van der Waals surface area contributed by atoms with Gasteiger partial charge in [0.05, 0.1) is 33.9 Å². The van der Waals surface area contributed by atoms with Crippen LogP contribution in [0.2, 0.25) is 5.02 Å². The van der Waals surface area contributed by atoms with Gasteiger partial charge in [0, 0.05) is 34.9 Å². The number of sulfone groups is 1. The number of carbonyl (C=O) groups excluding carboxylic acids is 1. The first kappa shape index (κ1) is 49.0. The fourth-order valence-electron chi connectivity index (χ4n) is 7.43. The third-order valence-corrected chi connectivity index (χ3v) is 13.6. The van der Waals surface area contributed by atoms with Gasteiger partial charge in [-0.3, -0.25) is 19.2 Å². The number of fused-ring (bicyclic) bond motifs is 2. The minimum Gasteiger partial charge on any atom is -0.394 e. The number of aromatic nitrogens is 3. The summed E-state index contributed by atoms with van der Waals surface area (Å²) in [5, 5.41) is 5.64. The maximum Gasteiger partial charge on any atom is 0.431 e. The number of halogens is 11. The van der Waals surface area contributed by atoms with Crippen molar-refractivity contribution in [3.05, 3.63) is 87.3 Å². The van der Waals surface area contributed by atoms with E-state index in [0.717, 1.165) is 24.5 Å². The highest BCUT2D eigenvalue weighted by atomic mass is 35.5. The predicted octanol–water partition coefficient (Wildman–Crippen LogP) is 7.43. The molecule has 2 saturated carbocycles. The number of carbonyl (C=O) groups is 1. The Morgan fingerprint density at radius 2 is 1.63 bits per heavy atom. The lowest BCUT2D eigenvalue weighted by molar-refractivity contribution is -0.141. The van der Waals surface area contributed by atoms with Crippen molar-refractivity contribution < 1.29 is 65.5 Å². The molecule has 1 amide bonds. The standard InChI is InChI=1S/C40H36ClF10N7O5S2/c1-37(2,64(3,60)61)12-11-22-5-6-23(24-8-10-27(41)31-33(24)58(18-38(44,45)46)56-36(31)57-65(4,62)63)32(54-22)28(15-19-13-20(42)16-21(43)14-19)55-29(59)17-53-35-30(34(52)40(49,50)51)25-7-9-26(25)39(35,47)48/h5-6,8,10,13-14,16,25-26,28H,7,9,15,17-18,52H2,1-4H3,(H,55,59)(H,56,57)/b34-30-,53-35?/t25-,26+,28-/m0/s1. The number of amides is 1. The predicted molar refractivity (Wildman–Crippen MR) is 220 cm³/mol. The van der Waals surface area contributed by atoms with E-state index >= 15 is 8.78 Å². The number of rotatable bonds is 11. The molecule has 12 nitrogen and oxygen atoms in total. The van der Waals surface area contributed by atoms with Crippen LogP contribution in [0.1, 0.15) is 49.7 Å². The van der Waals surface area contributed by atoms with Gasteiger partial charge in [0.15, 0.2) is 15.7 Å². The average Bonchev–Trinajstić information content (AvgIpc) is 3.53. The summed E-state index contributed by atoms with van der Waals surface area (Å²) in [5.74, 6) is -5.79. The number of sulfonamides is 1. The molecule has 350 valence electrons. The van der Waals surface area contributed by atoms with Crippen molar-refractivity contribution in [3.8, 4) is 23.0 Å². The molecule has 2 aromatic heterocycles. The first-order chi connectivity index (χ1) is 29.8. The number of hydrogen-bond acceptors (Lipinski definition) is 9. The molecule has 0 spiro atoms. The Morgan fingerprint density at radius 1 is 1.00 bits per heavy atom. The number of hydrogen-bond donors (Lipinski definition) is 3. The van der Waals surface area contributed by atoms with Gasteiger partial charge in [-0.2, -0.15) is 40.2 Å². The van der Waals surface area contributed by atoms with Crippen molar-refractivity contribution in [1.29, 1.82) is 0 Å². The van der Waals surface area contributed by atoms with Gasteiger partial charge < -0.3 is 11.1 Å². The molecule has 6 rings (SSSR count). The molecule has 0 aliphatic heterocycles. The molecular formula is C40H36ClF10N7O5S2. The minimum atomic E-state index is -5.24. The van der Waals surface area contributed by atoms with E-state index < -0.39 is 126 Å². The van der Waals surface area contributed by atoms with Crippen molar-refractivity contribution in [1.82, 2.24) is 20.1 Å². The maximum atomic E-state index is 15.6. The number of aliphatic imine (C=N–C) groups is 1. The lowest BCUT2D eigenvalue weighted by atomic mass is 9.73. The fourth-order valence-corrected chi connectivity index (χ4v) is 8.40. The molecule has 2 aliphatic carbocycles. The summed E-state index contributed by atoms with van der Waals surface area (Å²) in [4.78, 5) is 22.0. The number of nitrogens with two attached hydrogens (primary N) is 1. The Balaban J connectivity index is 1.59. The molecule has 2 heterocycles. The summed E-state index contributed by atoms with van der Waals surface area (Å²) in [6.07, 6.45) is -9.48. The zero-order chi connectivity index (χ0) is 48.4. The van der Waals surface area contributed by atoms with Crippen molar-refractivity contribution in [2.45, 2.75) is 68.7 Å². The van der Waals surface area contributed by atoms with Gasteiger partial charge in [0.25, 0.3) is 5.92 Å². The molecule has 3 atom stereocenters. The molecule has 2 aromatic carbocycles. The molecule has 0 unspecified atom stereocenters. The topological polar surface area (TPSA) is 178 Å². The van der Waals surface area contributed by atoms with E-state index in [1.165, 1.54) is 32.0 Å². The third kappa shape index (κ3) is 10.5. The number of anilines is 1. The normalized spacial score (nSPS) is 19.6. The summed E-state index contributed by atoms with van der Waals surface area (Å²) < 4.78 is 194. The van der Waals surface area contributed by atoms with Gasteiger partial charge in [-0.1, -0.05) is 23.6 Å². The fraction of sp³-hybridized carbons (Fsp3) is 0.400. The Hall–Kier alpha value is -5.41. The van der Waals surface area contributed by atoms with E-state index in [1.807, 2.05) is 4.72 Å². The molecule has 4 aromatic rings. The minimum absolute atomic E-state index is 0.0649. The molecule has 25 heteroatoms. The van der Waals surface area contributed by atoms with Crippen molar-refractivity contribution in [2.75, 3.05) is 23.8 Å². The zero-order valence-electron chi connectivity index (χ0n) is 34.2. The van der Waals surface area contributed by atoms with Crippen LogP contribution in [-0.4, -0.2) is 85.3 Å². The largest absolute Gasteiger partial charge is 0.431 e. The monoisotopic (exact) mass is 983 g/mol. The highest BCUT2D eigenvalue weighted by Gasteiger charge is 2.63. The van der Waals surface area contributed by atoms with Crippen molar-refractivity contribution in [2.24, 2.45) is 22.6 Å². The molecule has 0 radical (unpaired) electrons. The molecule has 65 heavy (non-hydrogen) atoms. The van der Waals surface area contributed by atoms with Gasteiger partial charge in [-0.25, -0.2) is 30.6 Å². The van der Waals surface area contributed by atoms with Gasteiger partial charge in [-0.15, -0.1) is 0 Å². The SMILES string of the molecule is CC(C)(C#Cc1ccc(-c2ccc(Cl)c3c(NS(C)(=O)=O)nn(CC(F)(F)F)c23)c([C@H](Cc2cc(F)cc(F)c2)NC(=O)CN=C2/C(=C(\N)C(F)(F)F)[C@H]3CC[C@H]3C2(F)F)n1)S(C)(=O)=O. The number of allylic oxidation sites excluding steroid dienone is 2. The van der Waals surface area contributed by atoms with E-state index in [0.29, 0.717) is 17.0 Å². The number of pyridine rings is 1. The van der Waals surface area contributed by atoms with Crippen LogP contribution in [0.25, 0.3) is 22.0 Å². The van der Waals surface area contributed by atoms with Crippen LogP contribution in [0.3, 0.4) is 0 Å². The van der Waals surface area contributed by atoms with Crippen LogP contribution in [0.5, 0.6) is 0 Å². The van der Waals surface area contributed by atoms with Crippen LogP contribution in [0.15, 0.2) is 58.7 Å². The van der Waals surface area contributed by atoms with Crippen LogP contribution in [0, 0.1) is 35.3 Å². The second-order valence-electron chi connectivity index (χ2n) is 16.0. The molecule has 2 aliphatic rings. The third-order valence-electron chi connectivity index (χ3n) is 10.8. The average molecular weight is 984 g/mol. The zero-order valence-corrected chi connectivity index (χ0v) is 36.6. The maximum absolute atomic E-state index is 15.6. The van der Waals surface area contributed by atoms with Crippen LogP contribution < -0.4 is 15.8 Å². The number of nitrogens with one attached hydrogen (secondary N) is 2. The second-order valence-corrected chi connectivity index (χ2v) is 20.7. The molecule has 0 saturated heterocycles. The molecular weight excluding hydrogens is 948 g/mol. The van der Waals surface area contributed by atoms with Gasteiger partial charge in [-0.05, 0) is 80.8 Å².